The molecule has 1 atom stereocenters. The minimum Gasteiger partial charge on any atom is -0.480 e. The van der Waals surface area contributed by atoms with E-state index in [4.69, 9.17) is 5.11 Å². The highest BCUT2D eigenvalue weighted by Crippen LogP contribution is 2.08. The van der Waals surface area contributed by atoms with Crippen molar-refractivity contribution in [2.45, 2.75) is 19.9 Å². The lowest BCUT2D eigenvalue weighted by molar-refractivity contribution is -0.137. The van der Waals surface area contributed by atoms with Crippen molar-refractivity contribution in [1.82, 2.24) is 15.0 Å². The van der Waals surface area contributed by atoms with Gasteiger partial charge in [-0.2, -0.15) is 15.0 Å². The number of nitrogens with one attached hydrogen (secondary N) is 1. The van der Waals surface area contributed by atoms with Crippen molar-refractivity contribution < 1.29 is 9.90 Å². The van der Waals surface area contributed by atoms with Gasteiger partial charge in [-0.25, -0.2) is 0 Å². The fraction of sp³-hybridized carbons (Fsp3) is 0.556. The number of aliphatic carboxylic acids is 1. The van der Waals surface area contributed by atoms with E-state index in [2.05, 4.69) is 20.3 Å². The zero-order chi connectivity index (χ0) is 12.3. The maximum atomic E-state index is 10.7. The fourth-order valence-electron chi connectivity index (χ4n) is 0.988. The van der Waals surface area contributed by atoms with Gasteiger partial charge in [-0.1, -0.05) is 0 Å². The van der Waals surface area contributed by atoms with E-state index in [0.717, 1.165) is 0 Å². The summed E-state index contributed by atoms with van der Waals surface area (Å²) in [6, 6.07) is -0.739. The van der Waals surface area contributed by atoms with Crippen LogP contribution in [0.15, 0.2) is 0 Å². The Hall–Kier alpha value is -1.92. The maximum absolute atomic E-state index is 10.7. The molecule has 7 nitrogen and oxygen atoms in total. The Morgan fingerprint density at radius 1 is 1.38 bits per heavy atom. The Labute approximate surface area is 93.5 Å². The summed E-state index contributed by atoms with van der Waals surface area (Å²) < 4.78 is 0. The molecular weight excluding hydrogens is 210 g/mol. The number of aryl methyl sites for hydroxylation is 1. The van der Waals surface area contributed by atoms with Gasteiger partial charge in [0.1, 0.15) is 11.9 Å². The molecule has 0 bridgehead atoms. The number of hydrogen-bond acceptors (Lipinski definition) is 6. The van der Waals surface area contributed by atoms with Gasteiger partial charge >= 0.3 is 5.97 Å². The number of rotatable bonds is 4. The van der Waals surface area contributed by atoms with Gasteiger partial charge in [0.05, 0.1) is 0 Å². The molecule has 7 heteroatoms. The van der Waals surface area contributed by atoms with Crippen molar-refractivity contribution >= 4 is 17.9 Å². The monoisotopic (exact) mass is 225 g/mol. The van der Waals surface area contributed by atoms with E-state index in [1.54, 1.807) is 25.9 Å². The Kier molecular flexibility index (Phi) is 3.60. The lowest BCUT2D eigenvalue weighted by atomic mass is 10.3. The summed E-state index contributed by atoms with van der Waals surface area (Å²) in [6.07, 6.45) is 0. The summed E-state index contributed by atoms with van der Waals surface area (Å²) >= 11 is 0. The van der Waals surface area contributed by atoms with Crippen molar-refractivity contribution in [3.05, 3.63) is 5.82 Å². The molecule has 0 amide bonds. The lowest BCUT2D eigenvalue weighted by Gasteiger charge is -2.13. The van der Waals surface area contributed by atoms with Crippen LogP contribution in [0.3, 0.4) is 0 Å². The zero-order valence-corrected chi connectivity index (χ0v) is 9.72. The molecule has 0 aliphatic rings. The number of hydrogen-bond donors (Lipinski definition) is 2. The molecule has 1 heterocycles. The molecule has 0 radical (unpaired) electrons. The number of aromatic nitrogens is 3. The van der Waals surface area contributed by atoms with E-state index in [1.165, 1.54) is 6.92 Å². The molecule has 2 N–H and O–H groups in total. The van der Waals surface area contributed by atoms with Crippen LogP contribution in [0.1, 0.15) is 12.7 Å². The number of carboxylic acids is 1. The van der Waals surface area contributed by atoms with Crippen molar-refractivity contribution in [3.8, 4) is 0 Å². The molecular formula is C9H15N5O2. The first-order valence-corrected chi connectivity index (χ1v) is 4.79. The molecule has 88 valence electrons. The second-order valence-electron chi connectivity index (χ2n) is 3.60. The van der Waals surface area contributed by atoms with E-state index in [0.29, 0.717) is 11.8 Å². The summed E-state index contributed by atoms with van der Waals surface area (Å²) in [6.45, 7) is 3.25. The van der Waals surface area contributed by atoms with Gasteiger partial charge in [0.25, 0.3) is 0 Å². The largest absolute Gasteiger partial charge is 0.480 e. The number of anilines is 2. The van der Waals surface area contributed by atoms with E-state index in [9.17, 15) is 4.79 Å². The highest BCUT2D eigenvalue weighted by atomic mass is 16.4. The molecule has 0 aliphatic carbocycles. The van der Waals surface area contributed by atoms with Crippen LogP contribution in [-0.4, -0.2) is 46.2 Å². The van der Waals surface area contributed by atoms with Crippen molar-refractivity contribution in [3.63, 3.8) is 0 Å². The minimum absolute atomic E-state index is 0.270. The maximum Gasteiger partial charge on any atom is 0.325 e. The van der Waals surface area contributed by atoms with Crippen molar-refractivity contribution in [2.24, 2.45) is 0 Å². The molecule has 0 spiro atoms. The third-order valence-electron chi connectivity index (χ3n) is 1.85. The zero-order valence-electron chi connectivity index (χ0n) is 9.72. The molecule has 1 aromatic rings. The van der Waals surface area contributed by atoms with Gasteiger partial charge in [-0.3, -0.25) is 4.79 Å². The summed E-state index contributed by atoms with van der Waals surface area (Å²) in [5, 5.41) is 11.4. The van der Waals surface area contributed by atoms with Crippen LogP contribution in [0.5, 0.6) is 0 Å². The molecule has 16 heavy (non-hydrogen) atoms. The average Bonchev–Trinajstić information content (AvgIpc) is 2.16. The average molecular weight is 225 g/mol. The number of nitrogens with zero attached hydrogens (tertiary/aromatic N) is 4. The number of carboxylic acid groups (broad SMARTS) is 1. The van der Waals surface area contributed by atoms with Gasteiger partial charge in [-0.15, -0.1) is 0 Å². The molecule has 1 rings (SSSR count). The highest BCUT2D eigenvalue weighted by Gasteiger charge is 2.13. The van der Waals surface area contributed by atoms with Gasteiger partial charge in [0.15, 0.2) is 0 Å². The van der Waals surface area contributed by atoms with Gasteiger partial charge in [0, 0.05) is 14.1 Å². The van der Waals surface area contributed by atoms with Crippen LogP contribution in [0.4, 0.5) is 11.9 Å². The first kappa shape index (κ1) is 12.2. The van der Waals surface area contributed by atoms with E-state index < -0.39 is 12.0 Å². The van der Waals surface area contributed by atoms with E-state index in [1.807, 2.05) is 0 Å². The predicted octanol–water partition coefficient (Wildman–Crippen LogP) is 0.131. The topological polar surface area (TPSA) is 91.2 Å². The second kappa shape index (κ2) is 4.73. The summed E-state index contributed by atoms with van der Waals surface area (Å²) in [7, 11) is 3.61. The van der Waals surface area contributed by atoms with E-state index in [-0.39, 0.29) is 5.95 Å². The molecule has 1 unspecified atom stereocenters. The SMILES string of the molecule is Cc1nc(NC(C)C(=O)O)nc(N(C)C)n1. The molecule has 0 fully saturated rings. The third kappa shape index (κ3) is 3.04. The van der Waals surface area contributed by atoms with Crippen molar-refractivity contribution in [1.29, 1.82) is 0 Å². The Balaban J connectivity index is 2.92. The number of carbonyl (C=O) groups is 1. The van der Waals surface area contributed by atoms with E-state index >= 15 is 0 Å². The van der Waals surface area contributed by atoms with Gasteiger partial charge in [0.2, 0.25) is 11.9 Å². The Bertz CT molecular complexity index is 393. The van der Waals surface area contributed by atoms with Crippen molar-refractivity contribution in [2.75, 3.05) is 24.3 Å². The van der Waals surface area contributed by atoms with Crippen LogP contribution < -0.4 is 10.2 Å². The van der Waals surface area contributed by atoms with Gasteiger partial charge < -0.3 is 15.3 Å². The minimum atomic E-state index is -0.954. The van der Waals surface area contributed by atoms with Crippen LogP contribution in [0.25, 0.3) is 0 Å². The standard InChI is InChI=1S/C9H15N5O2/c1-5(7(15)16)10-8-11-6(2)12-9(13-8)14(3)4/h5H,1-4H3,(H,15,16)(H,10,11,12,13). The quantitative estimate of drug-likeness (QED) is 0.752. The Morgan fingerprint density at radius 2 is 2.00 bits per heavy atom. The molecule has 1 aromatic heterocycles. The molecule has 0 saturated carbocycles. The molecule has 0 aliphatic heterocycles. The first-order valence-electron chi connectivity index (χ1n) is 4.79. The summed E-state index contributed by atoms with van der Waals surface area (Å²) in [5.74, 6) is 0.349. The Morgan fingerprint density at radius 3 is 2.50 bits per heavy atom. The molecule has 0 aromatic carbocycles. The van der Waals surface area contributed by atoms with Crippen LogP contribution in [0, 0.1) is 6.92 Å². The summed E-state index contributed by atoms with van der Waals surface area (Å²) in [4.78, 5) is 24.6. The van der Waals surface area contributed by atoms with Crippen LogP contribution in [-0.2, 0) is 4.79 Å². The third-order valence-corrected chi connectivity index (χ3v) is 1.85. The fourth-order valence-corrected chi connectivity index (χ4v) is 0.988. The van der Waals surface area contributed by atoms with Crippen LogP contribution in [0.2, 0.25) is 0 Å². The summed E-state index contributed by atoms with van der Waals surface area (Å²) in [5.41, 5.74) is 0. The normalized spacial score (nSPS) is 12.0. The lowest BCUT2D eigenvalue weighted by Crippen LogP contribution is -2.27. The van der Waals surface area contributed by atoms with Crippen LogP contribution >= 0.6 is 0 Å². The first-order chi connectivity index (χ1) is 7.40. The smallest absolute Gasteiger partial charge is 0.325 e. The predicted molar refractivity (Wildman–Crippen MR) is 59.6 cm³/mol. The van der Waals surface area contributed by atoms with Gasteiger partial charge in [-0.05, 0) is 13.8 Å². The molecule has 0 saturated heterocycles. The highest BCUT2D eigenvalue weighted by molar-refractivity contribution is 5.75. The second-order valence-corrected chi connectivity index (χ2v) is 3.60.